The summed E-state index contributed by atoms with van der Waals surface area (Å²) >= 11 is 0. The number of carbonyl (C=O) groups excluding carboxylic acids is 3. The summed E-state index contributed by atoms with van der Waals surface area (Å²) < 4.78 is 29.7. The number of amides is 4. The van der Waals surface area contributed by atoms with Crippen molar-refractivity contribution in [1.82, 2.24) is 10.2 Å². The quantitative estimate of drug-likeness (QED) is 0.194. The van der Waals surface area contributed by atoms with Crippen molar-refractivity contribution >= 4 is 23.5 Å². The molecule has 10 heteroatoms. The molecule has 1 heterocycles. The number of hydrogen-bond acceptors (Lipinski definition) is 6. The van der Waals surface area contributed by atoms with Gasteiger partial charge in [-0.1, -0.05) is 75.4 Å². The fraction of sp³-hybridized carbons (Fsp3) is 0.364. The first-order valence-electron chi connectivity index (χ1n) is 14.3. The lowest BCUT2D eigenvalue weighted by Crippen LogP contribution is -2.50. The van der Waals surface area contributed by atoms with Crippen LogP contribution in [-0.2, 0) is 19.1 Å². The van der Waals surface area contributed by atoms with Crippen LogP contribution in [0.4, 0.5) is 14.9 Å². The Morgan fingerprint density at radius 1 is 0.977 bits per heavy atom. The summed E-state index contributed by atoms with van der Waals surface area (Å²) in [4.78, 5) is 38.3. The molecule has 2 N–H and O–H groups in total. The number of imide groups is 1. The standard InChI is InChI=1S/C20H20FN3O3.C11H16O3.C2H6.2H2/c1-12-8-9-16(15(21)10-12)23-19(26)18(24-17(25)11-22-20(24)27)13(2)14-6-4-3-5-7-14;1-12-7-8-13-9-10-14-11-5-3-2-4-6-11;1-2;;/h3-10,13,18H,11H2,1-2H3,(H,22,27)(H,23,26);2-6H,7-10H2,1H3;1-2H3;2*1H/t13-,18-;;;;/m0..../s1. The molecule has 0 saturated carbocycles. The van der Waals surface area contributed by atoms with E-state index in [0.29, 0.717) is 32.0 Å². The number of ether oxygens (including phenoxy) is 3. The number of methoxy groups -OCH3 is 1. The summed E-state index contributed by atoms with van der Waals surface area (Å²) in [5, 5.41) is 4.95. The fourth-order valence-electron chi connectivity index (χ4n) is 4.13. The van der Waals surface area contributed by atoms with Crippen molar-refractivity contribution in [2.75, 3.05) is 45.4 Å². The summed E-state index contributed by atoms with van der Waals surface area (Å²) in [5.41, 5.74) is 1.51. The van der Waals surface area contributed by atoms with Crippen molar-refractivity contribution in [2.24, 2.45) is 0 Å². The Hall–Kier alpha value is -4.28. The molecular formula is C33H46FN3O6. The maximum atomic E-state index is 14.2. The number of aryl methyl sites for hydroxylation is 1. The molecule has 1 fully saturated rings. The normalized spacial score (nSPS) is 13.5. The molecule has 3 aromatic carbocycles. The van der Waals surface area contributed by atoms with E-state index >= 15 is 0 Å². The van der Waals surface area contributed by atoms with Gasteiger partial charge < -0.3 is 24.8 Å². The van der Waals surface area contributed by atoms with Gasteiger partial charge in [-0.05, 0) is 42.3 Å². The van der Waals surface area contributed by atoms with E-state index in [9.17, 15) is 18.8 Å². The molecule has 0 aromatic heterocycles. The SMILES string of the molecule is CC.COCCOCCOc1ccccc1.Cc1ccc(NC(=O)[C@H]([C@@H](C)c2ccccc2)N2C(=O)CNC2=O)c(F)c1.[HH].[HH]. The molecule has 236 valence electrons. The van der Waals surface area contributed by atoms with Gasteiger partial charge in [0.15, 0.2) is 0 Å². The predicted molar refractivity (Wildman–Crippen MR) is 169 cm³/mol. The van der Waals surface area contributed by atoms with Crippen LogP contribution in [0.3, 0.4) is 0 Å². The average molecular weight is 600 g/mol. The topological polar surface area (TPSA) is 106 Å². The van der Waals surface area contributed by atoms with Crippen LogP contribution in [0.2, 0.25) is 0 Å². The molecule has 9 nitrogen and oxygen atoms in total. The van der Waals surface area contributed by atoms with Crippen molar-refractivity contribution in [3.8, 4) is 5.75 Å². The zero-order valence-corrected chi connectivity index (χ0v) is 25.5. The Balaban J connectivity index is 0.000000918. The molecule has 0 unspecified atom stereocenters. The Morgan fingerprint density at radius 2 is 1.60 bits per heavy atom. The summed E-state index contributed by atoms with van der Waals surface area (Å²) in [7, 11) is 1.66. The van der Waals surface area contributed by atoms with Crippen LogP contribution in [-0.4, -0.2) is 68.9 Å². The summed E-state index contributed by atoms with van der Waals surface area (Å²) in [6, 6.07) is 21.5. The Bertz CT molecular complexity index is 1270. The first-order valence-corrected chi connectivity index (χ1v) is 14.3. The number of benzene rings is 3. The molecule has 0 radical (unpaired) electrons. The highest BCUT2D eigenvalue weighted by Crippen LogP contribution is 2.27. The minimum atomic E-state index is -1.11. The lowest BCUT2D eigenvalue weighted by Gasteiger charge is -2.29. The average Bonchev–Trinajstić information content (AvgIpc) is 3.35. The molecule has 1 aliphatic rings. The van der Waals surface area contributed by atoms with Crippen LogP contribution in [0.15, 0.2) is 78.9 Å². The molecule has 1 aliphatic heterocycles. The van der Waals surface area contributed by atoms with E-state index in [0.717, 1.165) is 16.2 Å². The van der Waals surface area contributed by atoms with E-state index in [2.05, 4.69) is 10.6 Å². The molecule has 4 amide bonds. The summed E-state index contributed by atoms with van der Waals surface area (Å²) in [5.74, 6) is -1.30. The van der Waals surface area contributed by atoms with E-state index < -0.39 is 35.6 Å². The molecule has 1 saturated heterocycles. The zero-order chi connectivity index (χ0) is 31.6. The van der Waals surface area contributed by atoms with E-state index in [-0.39, 0.29) is 15.1 Å². The molecule has 0 bridgehead atoms. The highest BCUT2D eigenvalue weighted by atomic mass is 19.1. The molecule has 0 aliphatic carbocycles. The highest BCUT2D eigenvalue weighted by molar-refractivity contribution is 6.08. The predicted octanol–water partition coefficient (Wildman–Crippen LogP) is 6.04. The Labute approximate surface area is 256 Å². The van der Waals surface area contributed by atoms with E-state index in [1.807, 2.05) is 74.5 Å². The van der Waals surface area contributed by atoms with Crippen molar-refractivity contribution < 1.29 is 35.8 Å². The Morgan fingerprint density at radius 3 is 2.19 bits per heavy atom. The number of carbonyl (C=O) groups is 3. The number of anilines is 1. The Kier molecular flexibility index (Phi) is 15.4. The van der Waals surface area contributed by atoms with Gasteiger partial charge in [-0.25, -0.2) is 14.1 Å². The van der Waals surface area contributed by atoms with Gasteiger partial charge in [0, 0.05) is 15.9 Å². The number of nitrogens with one attached hydrogen (secondary N) is 2. The first-order chi connectivity index (χ1) is 20.8. The van der Waals surface area contributed by atoms with Crippen molar-refractivity contribution in [2.45, 2.75) is 39.7 Å². The van der Waals surface area contributed by atoms with Gasteiger partial charge in [0.05, 0.1) is 32.1 Å². The van der Waals surface area contributed by atoms with Crippen LogP contribution >= 0.6 is 0 Å². The second-order valence-electron chi connectivity index (χ2n) is 9.31. The number of halogens is 1. The van der Waals surface area contributed by atoms with Crippen LogP contribution in [0.5, 0.6) is 5.75 Å². The third-order valence-corrected chi connectivity index (χ3v) is 6.28. The van der Waals surface area contributed by atoms with Gasteiger partial charge in [-0.3, -0.25) is 9.59 Å². The fourth-order valence-corrected chi connectivity index (χ4v) is 4.13. The van der Waals surface area contributed by atoms with Crippen molar-refractivity contribution in [1.29, 1.82) is 0 Å². The van der Waals surface area contributed by atoms with Crippen molar-refractivity contribution in [3.63, 3.8) is 0 Å². The number of urea groups is 1. The van der Waals surface area contributed by atoms with Gasteiger partial charge in [-0.2, -0.15) is 0 Å². The number of rotatable bonds is 12. The van der Waals surface area contributed by atoms with Crippen molar-refractivity contribution in [3.05, 3.63) is 95.8 Å². The van der Waals surface area contributed by atoms with Gasteiger partial charge in [-0.15, -0.1) is 0 Å². The second kappa shape index (κ2) is 19.0. The first kappa shape index (κ1) is 34.9. The van der Waals surface area contributed by atoms with Gasteiger partial charge >= 0.3 is 6.03 Å². The minimum Gasteiger partial charge on any atom is -0.491 e. The van der Waals surface area contributed by atoms with Gasteiger partial charge in [0.2, 0.25) is 5.91 Å². The molecule has 3 aromatic rings. The molecule has 4 rings (SSSR count). The molecular weight excluding hydrogens is 553 g/mol. The van der Waals surface area contributed by atoms with Crippen LogP contribution in [0.1, 0.15) is 40.7 Å². The second-order valence-corrected chi connectivity index (χ2v) is 9.31. The monoisotopic (exact) mass is 599 g/mol. The molecule has 0 spiro atoms. The summed E-state index contributed by atoms with van der Waals surface area (Å²) in [6.07, 6.45) is 0. The molecule has 2 atom stereocenters. The number of para-hydroxylation sites is 1. The largest absolute Gasteiger partial charge is 0.491 e. The van der Waals surface area contributed by atoms with Crippen LogP contribution in [0, 0.1) is 12.7 Å². The van der Waals surface area contributed by atoms with Gasteiger partial charge in [0.25, 0.3) is 5.91 Å². The van der Waals surface area contributed by atoms with E-state index in [4.69, 9.17) is 14.2 Å². The maximum absolute atomic E-state index is 14.2. The highest BCUT2D eigenvalue weighted by Gasteiger charge is 2.42. The lowest BCUT2D eigenvalue weighted by molar-refractivity contribution is -0.132. The van der Waals surface area contributed by atoms with E-state index in [1.165, 1.54) is 12.1 Å². The number of hydrogen-bond donors (Lipinski definition) is 2. The van der Waals surface area contributed by atoms with E-state index in [1.54, 1.807) is 27.0 Å². The lowest BCUT2D eigenvalue weighted by atomic mass is 9.91. The van der Waals surface area contributed by atoms with Crippen LogP contribution < -0.4 is 15.4 Å². The smallest absolute Gasteiger partial charge is 0.325 e. The van der Waals surface area contributed by atoms with Gasteiger partial charge in [0.1, 0.15) is 24.2 Å². The molecule has 43 heavy (non-hydrogen) atoms. The summed E-state index contributed by atoms with van der Waals surface area (Å²) in [6.45, 7) is 9.75. The number of nitrogens with zero attached hydrogens (tertiary/aromatic N) is 1. The minimum absolute atomic E-state index is 0. The third kappa shape index (κ3) is 11.1. The third-order valence-electron chi connectivity index (χ3n) is 6.28. The zero-order valence-electron chi connectivity index (χ0n) is 25.5. The van der Waals surface area contributed by atoms with Crippen LogP contribution in [0.25, 0.3) is 0 Å². The maximum Gasteiger partial charge on any atom is 0.325 e.